The minimum atomic E-state index is -0.766. The van der Waals surface area contributed by atoms with Crippen LogP contribution in [0.4, 0.5) is 4.79 Å². The molecule has 0 N–H and O–H groups in total. The lowest BCUT2D eigenvalue weighted by Gasteiger charge is -2.01. The lowest BCUT2D eigenvalue weighted by atomic mass is 10.5. The monoisotopic (exact) mass is 201 g/mol. The number of aromatic nitrogens is 1. The molecule has 5 heteroatoms. The summed E-state index contributed by atoms with van der Waals surface area (Å²) in [6.07, 6.45) is 0.619. The third kappa shape index (κ3) is 3.29. The highest BCUT2D eigenvalue weighted by molar-refractivity contribution is 6.30. The molecule has 4 nitrogen and oxygen atoms in total. The zero-order chi connectivity index (χ0) is 9.68. The molecule has 70 valence electrons. The van der Waals surface area contributed by atoms with Crippen LogP contribution in [-0.2, 0) is 4.74 Å². The van der Waals surface area contributed by atoms with Crippen LogP contribution in [0.15, 0.2) is 18.3 Å². The standard InChI is InChI=1S/C8H8ClNO3/c1-2-12-8(11)13-7-4-3-6(9)5-10-7/h3-5H,2H2,1H3. The van der Waals surface area contributed by atoms with Crippen LogP contribution in [0.3, 0.4) is 0 Å². The first kappa shape index (κ1) is 9.80. The van der Waals surface area contributed by atoms with E-state index in [9.17, 15) is 4.79 Å². The van der Waals surface area contributed by atoms with Gasteiger partial charge in [0.1, 0.15) is 0 Å². The Kier molecular flexibility index (Phi) is 3.52. The number of halogens is 1. The van der Waals surface area contributed by atoms with Crippen LogP contribution in [0.1, 0.15) is 6.92 Å². The lowest BCUT2D eigenvalue weighted by Crippen LogP contribution is -2.10. The molecule has 0 fully saturated rings. The van der Waals surface area contributed by atoms with Crippen LogP contribution < -0.4 is 4.74 Å². The summed E-state index contributed by atoms with van der Waals surface area (Å²) < 4.78 is 9.22. The Morgan fingerprint density at radius 2 is 2.38 bits per heavy atom. The van der Waals surface area contributed by atoms with Gasteiger partial charge in [-0.05, 0) is 13.0 Å². The molecule has 0 saturated carbocycles. The Hall–Kier alpha value is -1.29. The number of carbonyl (C=O) groups is 1. The van der Waals surface area contributed by atoms with Crippen LogP contribution in [0.5, 0.6) is 5.88 Å². The van der Waals surface area contributed by atoms with Gasteiger partial charge >= 0.3 is 6.16 Å². The molecule has 0 aromatic carbocycles. The Labute approximate surface area is 80.4 Å². The van der Waals surface area contributed by atoms with Crippen molar-refractivity contribution in [1.29, 1.82) is 0 Å². The fraction of sp³-hybridized carbons (Fsp3) is 0.250. The van der Waals surface area contributed by atoms with Gasteiger partial charge in [-0.25, -0.2) is 9.78 Å². The number of pyridine rings is 1. The molecule has 0 spiro atoms. The normalized spacial score (nSPS) is 9.38. The maximum absolute atomic E-state index is 10.8. The molecule has 1 aromatic rings. The highest BCUT2D eigenvalue weighted by Crippen LogP contribution is 2.11. The molecule has 0 aliphatic carbocycles. The van der Waals surface area contributed by atoms with E-state index in [4.69, 9.17) is 11.6 Å². The van der Waals surface area contributed by atoms with Crippen LogP contribution in [0, 0.1) is 0 Å². The molecule has 0 aliphatic rings. The van der Waals surface area contributed by atoms with Crippen molar-refractivity contribution in [1.82, 2.24) is 4.98 Å². The molecule has 0 aliphatic heterocycles. The fourth-order valence-corrected chi connectivity index (χ4v) is 0.767. The van der Waals surface area contributed by atoms with E-state index in [2.05, 4.69) is 14.5 Å². The Bertz CT molecular complexity index is 286. The Morgan fingerprint density at radius 3 is 2.92 bits per heavy atom. The average Bonchev–Trinajstić information content (AvgIpc) is 2.09. The summed E-state index contributed by atoms with van der Waals surface area (Å²) in [5.41, 5.74) is 0. The van der Waals surface area contributed by atoms with Gasteiger partial charge in [-0.2, -0.15) is 0 Å². The van der Waals surface area contributed by atoms with Crippen molar-refractivity contribution in [2.45, 2.75) is 6.92 Å². The number of hydrogen-bond acceptors (Lipinski definition) is 4. The summed E-state index contributed by atoms with van der Waals surface area (Å²) in [5.74, 6) is 0.169. The second-order valence-corrected chi connectivity index (χ2v) is 2.54. The van der Waals surface area contributed by atoms with Crippen molar-refractivity contribution in [3.8, 4) is 5.88 Å². The van der Waals surface area contributed by atoms with Gasteiger partial charge < -0.3 is 9.47 Å². The van der Waals surface area contributed by atoms with Crippen molar-refractivity contribution in [2.24, 2.45) is 0 Å². The molecule has 0 saturated heterocycles. The summed E-state index contributed by atoms with van der Waals surface area (Å²) in [6, 6.07) is 3.06. The average molecular weight is 202 g/mol. The van der Waals surface area contributed by atoms with E-state index in [1.807, 2.05) is 0 Å². The Balaban J connectivity index is 2.54. The summed E-state index contributed by atoms with van der Waals surface area (Å²) in [4.78, 5) is 14.5. The van der Waals surface area contributed by atoms with E-state index in [1.54, 1.807) is 13.0 Å². The SMILES string of the molecule is CCOC(=O)Oc1ccc(Cl)cn1. The number of ether oxygens (including phenoxy) is 2. The minimum absolute atomic E-state index is 0.169. The Morgan fingerprint density at radius 1 is 1.62 bits per heavy atom. The number of nitrogens with zero attached hydrogens (tertiary/aromatic N) is 1. The number of hydrogen-bond donors (Lipinski definition) is 0. The van der Waals surface area contributed by atoms with Crippen LogP contribution >= 0.6 is 11.6 Å². The number of carbonyl (C=O) groups excluding carboxylic acids is 1. The second kappa shape index (κ2) is 4.67. The van der Waals surface area contributed by atoms with Crippen molar-refractivity contribution in [3.63, 3.8) is 0 Å². The zero-order valence-corrected chi connectivity index (χ0v) is 7.75. The summed E-state index contributed by atoms with van der Waals surface area (Å²) >= 11 is 5.58. The fourth-order valence-electron chi connectivity index (χ4n) is 0.655. The molecule has 1 heterocycles. The molecule has 0 bridgehead atoms. The van der Waals surface area contributed by atoms with E-state index in [0.29, 0.717) is 5.02 Å². The van der Waals surface area contributed by atoms with E-state index >= 15 is 0 Å². The minimum Gasteiger partial charge on any atom is -0.434 e. The predicted molar refractivity (Wildman–Crippen MR) is 46.9 cm³/mol. The van der Waals surface area contributed by atoms with Crippen LogP contribution in [-0.4, -0.2) is 17.7 Å². The predicted octanol–water partition coefficient (Wildman–Crippen LogP) is 2.27. The van der Waals surface area contributed by atoms with Gasteiger partial charge in [-0.3, -0.25) is 0 Å². The molecule has 0 radical (unpaired) electrons. The molecular formula is C8H8ClNO3. The first-order valence-electron chi connectivity index (χ1n) is 3.68. The van der Waals surface area contributed by atoms with Gasteiger partial charge in [-0.1, -0.05) is 11.6 Å². The largest absolute Gasteiger partial charge is 0.515 e. The number of rotatable bonds is 2. The van der Waals surface area contributed by atoms with E-state index < -0.39 is 6.16 Å². The third-order valence-corrected chi connectivity index (χ3v) is 1.37. The van der Waals surface area contributed by atoms with Crippen molar-refractivity contribution in [3.05, 3.63) is 23.4 Å². The first-order valence-corrected chi connectivity index (χ1v) is 4.06. The molecule has 13 heavy (non-hydrogen) atoms. The summed E-state index contributed by atoms with van der Waals surface area (Å²) in [5, 5.41) is 0.483. The quantitative estimate of drug-likeness (QED) is 0.689. The molecular weight excluding hydrogens is 194 g/mol. The van der Waals surface area contributed by atoms with E-state index in [-0.39, 0.29) is 12.5 Å². The third-order valence-electron chi connectivity index (χ3n) is 1.15. The van der Waals surface area contributed by atoms with Crippen LogP contribution in [0.2, 0.25) is 5.02 Å². The second-order valence-electron chi connectivity index (χ2n) is 2.10. The van der Waals surface area contributed by atoms with Crippen molar-refractivity contribution < 1.29 is 14.3 Å². The first-order chi connectivity index (χ1) is 6.22. The van der Waals surface area contributed by atoms with Gasteiger partial charge in [-0.15, -0.1) is 0 Å². The van der Waals surface area contributed by atoms with E-state index in [1.165, 1.54) is 12.3 Å². The maximum atomic E-state index is 10.8. The molecule has 0 unspecified atom stereocenters. The van der Waals surface area contributed by atoms with E-state index in [0.717, 1.165) is 0 Å². The molecule has 1 aromatic heterocycles. The highest BCUT2D eigenvalue weighted by atomic mass is 35.5. The van der Waals surface area contributed by atoms with Crippen molar-refractivity contribution in [2.75, 3.05) is 6.61 Å². The smallest absolute Gasteiger partial charge is 0.434 e. The lowest BCUT2D eigenvalue weighted by molar-refractivity contribution is 0.102. The van der Waals surface area contributed by atoms with Gasteiger partial charge in [0.25, 0.3) is 0 Å². The molecule has 0 atom stereocenters. The van der Waals surface area contributed by atoms with Gasteiger partial charge in [0.05, 0.1) is 11.6 Å². The van der Waals surface area contributed by atoms with Gasteiger partial charge in [0.15, 0.2) is 0 Å². The van der Waals surface area contributed by atoms with Crippen molar-refractivity contribution >= 4 is 17.8 Å². The highest BCUT2D eigenvalue weighted by Gasteiger charge is 2.04. The molecule has 1 rings (SSSR count). The maximum Gasteiger partial charge on any atom is 0.515 e. The van der Waals surface area contributed by atoms with Gasteiger partial charge in [0, 0.05) is 12.3 Å². The summed E-state index contributed by atoms with van der Waals surface area (Å²) in [6.45, 7) is 1.96. The van der Waals surface area contributed by atoms with Crippen LogP contribution in [0.25, 0.3) is 0 Å². The zero-order valence-electron chi connectivity index (χ0n) is 6.99. The van der Waals surface area contributed by atoms with Gasteiger partial charge in [0.2, 0.25) is 5.88 Å². The topological polar surface area (TPSA) is 48.4 Å². The summed E-state index contributed by atoms with van der Waals surface area (Å²) in [7, 11) is 0. The molecule has 0 amide bonds.